The molecule has 0 bridgehead atoms. The zero-order valence-electron chi connectivity index (χ0n) is 16.8. The molecule has 1 N–H and O–H groups in total. The number of ether oxygens (including phenoxy) is 1. The number of piperidine rings is 1. The van der Waals surface area contributed by atoms with Crippen molar-refractivity contribution in [1.29, 1.82) is 0 Å². The second-order valence-corrected chi connectivity index (χ2v) is 7.99. The van der Waals surface area contributed by atoms with E-state index in [0.29, 0.717) is 31.3 Å². The van der Waals surface area contributed by atoms with E-state index in [0.717, 1.165) is 12.0 Å². The highest BCUT2D eigenvalue weighted by molar-refractivity contribution is 5.69. The molecule has 2 heterocycles. The van der Waals surface area contributed by atoms with E-state index >= 15 is 0 Å². The lowest BCUT2D eigenvalue weighted by Gasteiger charge is -2.38. The summed E-state index contributed by atoms with van der Waals surface area (Å²) < 4.78 is 10.7. The van der Waals surface area contributed by atoms with Gasteiger partial charge in [0, 0.05) is 13.5 Å². The molecule has 8 nitrogen and oxygen atoms in total. The van der Waals surface area contributed by atoms with E-state index in [-0.39, 0.29) is 12.1 Å². The number of carbonyl (C=O) groups is 1. The molecule has 1 aromatic heterocycles. The SMILES string of the molecule is Cc1nc([C@H]2CC[C@H](NOCc3ccccc3)CN2C(=O)OC(C)(C)C)no1. The third kappa shape index (κ3) is 5.53. The van der Waals surface area contributed by atoms with Crippen molar-refractivity contribution in [2.45, 2.75) is 64.8 Å². The summed E-state index contributed by atoms with van der Waals surface area (Å²) in [6.45, 7) is 8.17. The molecular formula is C20H28N4O4. The lowest BCUT2D eigenvalue weighted by molar-refractivity contribution is -0.0346. The molecule has 0 spiro atoms. The van der Waals surface area contributed by atoms with Crippen LogP contribution in [0.4, 0.5) is 4.79 Å². The molecule has 0 saturated carbocycles. The van der Waals surface area contributed by atoms with Crippen LogP contribution in [0.3, 0.4) is 0 Å². The molecule has 1 aromatic carbocycles. The van der Waals surface area contributed by atoms with Crippen molar-refractivity contribution in [3.05, 3.63) is 47.6 Å². The van der Waals surface area contributed by atoms with Crippen molar-refractivity contribution in [2.75, 3.05) is 6.54 Å². The normalized spacial score (nSPS) is 20.2. The highest BCUT2D eigenvalue weighted by atomic mass is 16.6. The van der Waals surface area contributed by atoms with E-state index in [1.807, 2.05) is 51.1 Å². The zero-order valence-corrected chi connectivity index (χ0v) is 16.8. The minimum absolute atomic E-state index is 0.0134. The summed E-state index contributed by atoms with van der Waals surface area (Å²) in [5.41, 5.74) is 3.58. The van der Waals surface area contributed by atoms with Crippen LogP contribution in [0, 0.1) is 6.92 Å². The molecule has 152 valence electrons. The summed E-state index contributed by atoms with van der Waals surface area (Å²) in [5, 5.41) is 4.01. The van der Waals surface area contributed by atoms with Gasteiger partial charge >= 0.3 is 6.09 Å². The third-order valence-corrected chi connectivity index (χ3v) is 4.38. The van der Waals surface area contributed by atoms with Crippen molar-refractivity contribution in [3.8, 4) is 0 Å². The average molecular weight is 388 g/mol. The minimum Gasteiger partial charge on any atom is -0.444 e. The Hall–Kier alpha value is -2.45. The van der Waals surface area contributed by atoms with Crippen molar-refractivity contribution in [2.24, 2.45) is 0 Å². The number of amides is 1. The van der Waals surface area contributed by atoms with Crippen LogP contribution in [0.25, 0.3) is 0 Å². The van der Waals surface area contributed by atoms with Gasteiger partial charge in [-0.05, 0) is 39.2 Å². The quantitative estimate of drug-likeness (QED) is 0.784. The first kappa shape index (κ1) is 20.3. The van der Waals surface area contributed by atoms with Gasteiger partial charge in [0.05, 0.1) is 18.7 Å². The molecule has 8 heteroatoms. The summed E-state index contributed by atoms with van der Waals surface area (Å²) in [7, 11) is 0. The summed E-state index contributed by atoms with van der Waals surface area (Å²) in [6.07, 6.45) is 1.10. The molecule has 3 rings (SSSR count). The van der Waals surface area contributed by atoms with E-state index in [4.69, 9.17) is 14.1 Å². The molecule has 0 unspecified atom stereocenters. The number of hydroxylamine groups is 1. The Morgan fingerprint density at radius 3 is 2.68 bits per heavy atom. The molecule has 28 heavy (non-hydrogen) atoms. The number of aromatic nitrogens is 2. The van der Waals surface area contributed by atoms with Crippen LogP contribution in [0.2, 0.25) is 0 Å². The Labute approximate surface area is 165 Å². The molecule has 1 aliphatic heterocycles. The largest absolute Gasteiger partial charge is 0.444 e. The van der Waals surface area contributed by atoms with E-state index < -0.39 is 11.7 Å². The van der Waals surface area contributed by atoms with Crippen LogP contribution >= 0.6 is 0 Å². The standard InChI is InChI=1S/C20H28N4O4/c1-14-21-18(23-28-14)17-11-10-16(12-24(17)19(25)27-20(2,3)4)22-26-13-15-8-6-5-7-9-15/h5-9,16-17,22H,10-13H2,1-4H3/t16-,17+/m0/s1. The maximum absolute atomic E-state index is 12.8. The van der Waals surface area contributed by atoms with E-state index in [9.17, 15) is 4.79 Å². The number of aryl methyl sites for hydroxylation is 1. The van der Waals surface area contributed by atoms with E-state index in [2.05, 4.69) is 15.6 Å². The van der Waals surface area contributed by atoms with Gasteiger partial charge in [0.15, 0.2) is 5.82 Å². The Kier molecular flexibility index (Phi) is 6.31. The number of benzene rings is 1. The molecule has 0 aliphatic carbocycles. The highest BCUT2D eigenvalue weighted by Gasteiger charge is 2.37. The minimum atomic E-state index is -0.584. The van der Waals surface area contributed by atoms with Crippen LogP contribution in [0.1, 0.15) is 56.9 Å². The number of hydrogen-bond donors (Lipinski definition) is 1. The van der Waals surface area contributed by atoms with Crippen LogP contribution < -0.4 is 5.48 Å². The summed E-state index contributed by atoms with van der Waals surface area (Å²) in [6, 6.07) is 9.63. The van der Waals surface area contributed by atoms with E-state index in [1.54, 1.807) is 11.8 Å². The number of rotatable bonds is 5. The first-order valence-corrected chi connectivity index (χ1v) is 9.53. The van der Waals surface area contributed by atoms with Gasteiger partial charge in [-0.15, -0.1) is 0 Å². The molecule has 1 amide bonds. The Bertz CT molecular complexity index is 772. The molecular weight excluding hydrogens is 360 g/mol. The van der Waals surface area contributed by atoms with Crippen molar-refractivity contribution in [3.63, 3.8) is 0 Å². The number of nitrogens with one attached hydrogen (secondary N) is 1. The Balaban J connectivity index is 1.64. The number of carbonyl (C=O) groups excluding carboxylic acids is 1. The van der Waals surface area contributed by atoms with Gasteiger partial charge in [-0.3, -0.25) is 9.74 Å². The van der Waals surface area contributed by atoms with Gasteiger partial charge in [-0.2, -0.15) is 10.5 Å². The smallest absolute Gasteiger partial charge is 0.410 e. The van der Waals surface area contributed by atoms with Crippen LogP contribution in [0.5, 0.6) is 0 Å². The predicted octanol–water partition coefficient (Wildman–Crippen LogP) is 3.54. The first-order valence-electron chi connectivity index (χ1n) is 9.53. The van der Waals surface area contributed by atoms with Gasteiger partial charge < -0.3 is 9.26 Å². The molecule has 2 atom stereocenters. The third-order valence-electron chi connectivity index (χ3n) is 4.38. The Morgan fingerprint density at radius 2 is 2.04 bits per heavy atom. The van der Waals surface area contributed by atoms with Gasteiger partial charge in [0.2, 0.25) is 5.89 Å². The monoisotopic (exact) mass is 388 g/mol. The fourth-order valence-electron chi connectivity index (χ4n) is 3.13. The Morgan fingerprint density at radius 1 is 1.29 bits per heavy atom. The fraction of sp³-hybridized carbons (Fsp3) is 0.550. The van der Waals surface area contributed by atoms with Crippen LogP contribution in [-0.2, 0) is 16.2 Å². The van der Waals surface area contributed by atoms with Crippen molar-refractivity contribution >= 4 is 6.09 Å². The van der Waals surface area contributed by atoms with Crippen LogP contribution in [0.15, 0.2) is 34.9 Å². The maximum atomic E-state index is 12.8. The molecule has 2 aromatic rings. The number of nitrogens with zero attached hydrogens (tertiary/aromatic N) is 3. The lowest BCUT2D eigenvalue weighted by Crippen LogP contribution is -2.50. The second-order valence-electron chi connectivity index (χ2n) is 7.99. The van der Waals surface area contributed by atoms with Gasteiger partial charge in [0.25, 0.3) is 0 Å². The molecule has 1 fully saturated rings. The molecule has 0 radical (unpaired) electrons. The summed E-state index contributed by atoms with van der Waals surface area (Å²) in [5.74, 6) is 0.984. The first-order chi connectivity index (χ1) is 13.3. The predicted molar refractivity (Wildman–Crippen MR) is 102 cm³/mol. The molecule has 1 saturated heterocycles. The zero-order chi connectivity index (χ0) is 20.1. The highest BCUT2D eigenvalue weighted by Crippen LogP contribution is 2.31. The van der Waals surface area contributed by atoms with Gasteiger partial charge in [-0.1, -0.05) is 35.5 Å². The van der Waals surface area contributed by atoms with Crippen LogP contribution in [-0.4, -0.2) is 39.3 Å². The fourth-order valence-corrected chi connectivity index (χ4v) is 3.13. The van der Waals surface area contributed by atoms with Gasteiger partial charge in [0.1, 0.15) is 5.60 Å². The average Bonchev–Trinajstić information content (AvgIpc) is 3.07. The second kappa shape index (κ2) is 8.70. The van der Waals surface area contributed by atoms with Gasteiger partial charge in [-0.25, -0.2) is 4.79 Å². The maximum Gasteiger partial charge on any atom is 0.410 e. The summed E-state index contributed by atoms with van der Waals surface area (Å²) >= 11 is 0. The summed E-state index contributed by atoms with van der Waals surface area (Å²) in [4.78, 5) is 24.4. The number of hydrogen-bond acceptors (Lipinski definition) is 7. The van der Waals surface area contributed by atoms with E-state index in [1.165, 1.54) is 0 Å². The van der Waals surface area contributed by atoms with Crippen molar-refractivity contribution < 1.29 is 18.9 Å². The number of likely N-dealkylation sites (tertiary alicyclic amines) is 1. The van der Waals surface area contributed by atoms with Crippen molar-refractivity contribution in [1.82, 2.24) is 20.5 Å². The molecule has 1 aliphatic rings. The lowest BCUT2D eigenvalue weighted by atomic mass is 9.98. The topological polar surface area (TPSA) is 89.7 Å².